The monoisotopic (exact) mass is 1220 g/mol. The number of methoxy groups -OCH3 is 4. The van der Waals surface area contributed by atoms with Crippen LogP contribution in [0.15, 0.2) is 36.4 Å². The Kier molecular flexibility index (Phi) is 34.1. The summed E-state index contributed by atoms with van der Waals surface area (Å²) < 4.78 is 51.5. The van der Waals surface area contributed by atoms with Crippen molar-refractivity contribution >= 4 is 32.4 Å². The summed E-state index contributed by atoms with van der Waals surface area (Å²) in [6.07, 6.45) is 1.50. The Morgan fingerprint density at radius 3 is 1.22 bits per heavy atom. The SMILES string of the molecule is COCCCOc1cc(C[C@@H](C[C@H](NC(=O)OC(C)(C)C)[C@@H](C[C@H](C(=O)O)C(C)C)O[Si](C)(C)C(C)(C)C)C(C)C)ccc1OC.COCCCOc1cc(C[C@@H](C[C@H](NC(=O)OC(C)(C)C)[C@@H](O)C[C@H](C(=O)O)C(C)C)C(C)C)ccc1OC. The van der Waals surface area contributed by atoms with Crippen LogP contribution in [0.3, 0.4) is 0 Å². The summed E-state index contributed by atoms with van der Waals surface area (Å²) in [5.41, 5.74) is 0.727. The number of benzene rings is 2. The van der Waals surface area contributed by atoms with Crippen LogP contribution in [0.5, 0.6) is 23.0 Å². The fourth-order valence-corrected chi connectivity index (χ4v) is 10.9. The van der Waals surface area contributed by atoms with Crippen LogP contribution < -0.4 is 29.6 Å². The van der Waals surface area contributed by atoms with Crippen molar-refractivity contribution in [2.45, 2.75) is 223 Å². The number of nitrogens with one attached hydrogen (secondary N) is 2. The minimum absolute atomic E-state index is 0.0281. The number of hydrogen-bond acceptors (Lipinski definition) is 14. The second kappa shape index (κ2) is 37.1. The first kappa shape index (κ1) is 78.2. The number of aliphatic hydroxyl groups excluding tert-OH is 1. The molecular weight excluding hydrogens is 1100 g/mol. The van der Waals surface area contributed by atoms with Gasteiger partial charge in [-0.1, -0.05) is 88.3 Å². The molecule has 0 aromatic heterocycles. The molecule has 2 rings (SSSR count). The molecule has 0 saturated carbocycles. The van der Waals surface area contributed by atoms with Crippen molar-refractivity contribution in [2.75, 3.05) is 54.9 Å². The van der Waals surface area contributed by atoms with Gasteiger partial charge in [0.15, 0.2) is 31.3 Å². The maximum Gasteiger partial charge on any atom is 0.407 e. The first-order valence-electron chi connectivity index (χ1n) is 30.7. The Balaban J connectivity index is 0.000000862. The molecule has 0 unspecified atom stereocenters. The van der Waals surface area contributed by atoms with Crippen LogP contribution in [0.4, 0.5) is 9.59 Å². The van der Waals surface area contributed by atoms with Gasteiger partial charge in [0.05, 0.1) is 63.6 Å². The molecule has 490 valence electrons. The molecule has 18 nitrogen and oxygen atoms in total. The minimum atomic E-state index is -2.38. The Morgan fingerprint density at radius 1 is 0.518 bits per heavy atom. The van der Waals surface area contributed by atoms with E-state index in [1.165, 1.54) is 0 Å². The van der Waals surface area contributed by atoms with Gasteiger partial charge in [0, 0.05) is 40.3 Å². The third kappa shape index (κ3) is 30.1. The molecule has 19 heteroatoms. The molecule has 5 N–H and O–H groups in total. The third-order valence-electron chi connectivity index (χ3n) is 15.7. The summed E-state index contributed by atoms with van der Waals surface area (Å²) in [6, 6.07) is 10.7. The van der Waals surface area contributed by atoms with Gasteiger partial charge in [-0.15, -0.1) is 0 Å². The minimum Gasteiger partial charge on any atom is -0.493 e. The largest absolute Gasteiger partial charge is 0.493 e. The van der Waals surface area contributed by atoms with Crippen LogP contribution in [-0.4, -0.2) is 138 Å². The summed E-state index contributed by atoms with van der Waals surface area (Å²) in [6.45, 7) is 39.9. The van der Waals surface area contributed by atoms with Crippen molar-refractivity contribution in [3.63, 3.8) is 0 Å². The summed E-state index contributed by atoms with van der Waals surface area (Å²) in [5, 5.41) is 37.0. The van der Waals surface area contributed by atoms with Crippen molar-refractivity contribution in [3.8, 4) is 23.0 Å². The topological polar surface area (TPSA) is 236 Å². The molecule has 0 heterocycles. The van der Waals surface area contributed by atoms with Crippen LogP contribution in [0.1, 0.15) is 167 Å². The maximum absolute atomic E-state index is 13.3. The van der Waals surface area contributed by atoms with E-state index in [0.717, 1.165) is 30.4 Å². The van der Waals surface area contributed by atoms with Crippen molar-refractivity contribution in [3.05, 3.63) is 47.5 Å². The van der Waals surface area contributed by atoms with Gasteiger partial charge in [0.2, 0.25) is 0 Å². The Morgan fingerprint density at radius 2 is 0.894 bits per heavy atom. The molecule has 2 amide bonds. The number of alkyl carbamates (subject to hydrolysis) is 2. The van der Waals surface area contributed by atoms with Crippen molar-refractivity contribution < 1.29 is 76.8 Å². The molecule has 0 bridgehead atoms. The van der Waals surface area contributed by atoms with Crippen LogP contribution in [0, 0.1) is 47.3 Å². The fraction of sp³-hybridized carbons (Fsp3) is 0.758. The lowest BCUT2D eigenvalue weighted by Gasteiger charge is -2.43. The van der Waals surface area contributed by atoms with Crippen molar-refractivity contribution in [2.24, 2.45) is 47.3 Å². The number of carbonyl (C=O) groups is 4. The summed E-state index contributed by atoms with van der Waals surface area (Å²) in [4.78, 5) is 50.3. The first-order valence-corrected chi connectivity index (χ1v) is 33.6. The molecule has 2 aromatic carbocycles. The summed E-state index contributed by atoms with van der Waals surface area (Å²) >= 11 is 0. The smallest absolute Gasteiger partial charge is 0.407 e. The number of ether oxygens (including phenoxy) is 8. The number of aliphatic hydroxyl groups is 1. The molecule has 0 spiro atoms. The van der Waals surface area contributed by atoms with Gasteiger partial charge in [0.25, 0.3) is 0 Å². The Hall–Kier alpha value is -4.82. The molecule has 8 atom stereocenters. The molecule has 85 heavy (non-hydrogen) atoms. The lowest BCUT2D eigenvalue weighted by Crippen LogP contribution is -2.54. The predicted octanol–water partition coefficient (Wildman–Crippen LogP) is 13.7. The molecule has 2 aromatic rings. The number of rotatable bonds is 36. The van der Waals surface area contributed by atoms with E-state index in [9.17, 15) is 34.5 Å². The van der Waals surface area contributed by atoms with E-state index < -0.39 is 79.8 Å². The molecule has 0 aliphatic rings. The summed E-state index contributed by atoms with van der Waals surface area (Å²) in [7, 11) is 4.18. The zero-order valence-electron chi connectivity index (χ0n) is 56.5. The summed E-state index contributed by atoms with van der Waals surface area (Å²) in [5.74, 6) is -0.140. The van der Waals surface area contributed by atoms with E-state index in [4.69, 9.17) is 42.3 Å². The predicted molar refractivity (Wildman–Crippen MR) is 339 cm³/mol. The van der Waals surface area contributed by atoms with E-state index in [0.29, 0.717) is 68.7 Å². The van der Waals surface area contributed by atoms with Crippen LogP contribution >= 0.6 is 0 Å². The molecule has 0 radical (unpaired) electrons. The van der Waals surface area contributed by atoms with Crippen LogP contribution in [0.25, 0.3) is 0 Å². The number of carboxylic acids is 2. The van der Waals surface area contributed by atoms with E-state index in [1.54, 1.807) is 49.2 Å². The second-order valence-electron chi connectivity index (χ2n) is 27.6. The average Bonchev–Trinajstić information content (AvgIpc) is 3.40. The zero-order valence-corrected chi connectivity index (χ0v) is 57.5. The molecule has 0 saturated heterocycles. The van der Waals surface area contributed by atoms with E-state index in [2.05, 4.69) is 78.3 Å². The Bertz CT molecular complexity index is 2270. The molecular formula is C66H116N2O16Si. The van der Waals surface area contributed by atoms with Crippen molar-refractivity contribution in [1.82, 2.24) is 10.6 Å². The standard InChI is InChI=1S/C36H65NO8Si.C30H51NO8/c1-24(2)27(20-26-16-17-30(42-12)32(21-26)43-19-15-18-41-11)22-29(37-34(40)44-35(5,6)7)31(23-28(25(3)4)33(38)39)45-46(13,14)36(8,9)10;1-19(2)22(15-21-11-12-26(37-9)27(16-21)38-14-10-13-36-8)17-24(31-29(35)39-30(5,6)7)25(32)18-23(20(3)4)28(33)34/h16-17,21,24-25,27-29,31H,15,18-20,22-23H2,1-14H3,(H,37,40)(H,38,39);11-12,16,19-20,22-25,32H,10,13-15,17-18H2,1-9H3,(H,31,35)(H,33,34)/t27-,28-,29-,31+;22-,23-,24-,25-/m00/s1. The lowest BCUT2D eigenvalue weighted by atomic mass is 9.80. The van der Waals surface area contributed by atoms with Crippen LogP contribution in [0.2, 0.25) is 18.1 Å². The highest BCUT2D eigenvalue weighted by atomic mass is 28.4. The second-order valence-corrected chi connectivity index (χ2v) is 32.3. The normalized spacial score (nSPS) is 15.2. The molecule has 0 aliphatic carbocycles. The lowest BCUT2D eigenvalue weighted by molar-refractivity contribution is -0.145. The quantitative estimate of drug-likeness (QED) is 0.0315. The zero-order chi connectivity index (χ0) is 65.2. The molecule has 0 aliphatic heterocycles. The number of carboxylic acid groups (broad SMARTS) is 2. The Labute approximate surface area is 513 Å². The van der Waals surface area contributed by atoms with Gasteiger partial charge in [-0.2, -0.15) is 0 Å². The van der Waals surface area contributed by atoms with Gasteiger partial charge in [0.1, 0.15) is 11.2 Å². The maximum atomic E-state index is 13.3. The highest BCUT2D eigenvalue weighted by Crippen LogP contribution is 2.41. The van der Waals surface area contributed by atoms with Gasteiger partial charge >= 0.3 is 24.1 Å². The average molecular weight is 1220 g/mol. The van der Waals surface area contributed by atoms with E-state index >= 15 is 0 Å². The first-order chi connectivity index (χ1) is 39.3. The third-order valence-corrected chi connectivity index (χ3v) is 20.3. The number of carbonyl (C=O) groups excluding carboxylic acids is 2. The number of hydrogen-bond donors (Lipinski definition) is 5. The fourth-order valence-electron chi connectivity index (χ4n) is 9.51. The molecule has 0 fully saturated rings. The number of aliphatic carboxylic acids is 2. The highest BCUT2D eigenvalue weighted by Gasteiger charge is 2.44. The van der Waals surface area contributed by atoms with E-state index in [1.807, 2.05) is 78.8 Å². The highest BCUT2D eigenvalue weighted by molar-refractivity contribution is 6.74. The van der Waals surface area contributed by atoms with Gasteiger partial charge in [-0.25, -0.2) is 9.59 Å². The van der Waals surface area contributed by atoms with E-state index in [-0.39, 0.29) is 53.4 Å². The van der Waals surface area contributed by atoms with Crippen LogP contribution in [-0.2, 0) is 45.8 Å². The van der Waals surface area contributed by atoms with Gasteiger partial charge in [-0.05, 0) is 169 Å². The van der Waals surface area contributed by atoms with Gasteiger partial charge in [-0.3, -0.25) is 9.59 Å². The van der Waals surface area contributed by atoms with Crippen molar-refractivity contribution in [1.29, 1.82) is 0 Å². The number of amides is 2. The van der Waals surface area contributed by atoms with Gasteiger partial charge < -0.3 is 68.3 Å².